The van der Waals surface area contributed by atoms with Crippen molar-refractivity contribution in [3.63, 3.8) is 0 Å². The summed E-state index contributed by atoms with van der Waals surface area (Å²) < 4.78 is 0.759. The fraction of sp³-hybridized carbons (Fsp3) is 0.0714. The van der Waals surface area contributed by atoms with Crippen molar-refractivity contribution >= 4 is 67.7 Å². The highest BCUT2D eigenvalue weighted by molar-refractivity contribution is 9.10. The monoisotopic (exact) mass is 388 g/mol. The Morgan fingerprint density at radius 3 is 2.50 bits per heavy atom. The molecule has 2 aromatic rings. The quantitative estimate of drug-likeness (QED) is 0.541. The number of hydrogen-bond donors (Lipinski definition) is 2. The van der Waals surface area contributed by atoms with Crippen LogP contribution in [-0.4, -0.2) is 4.99 Å². The van der Waals surface area contributed by atoms with Crippen molar-refractivity contribution in [3.8, 4) is 0 Å². The van der Waals surface area contributed by atoms with Crippen LogP contribution < -0.4 is 11.1 Å². The zero-order chi connectivity index (χ0) is 14.9. The van der Waals surface area contributed by atoms with Crippen LogP contribution in [0.25, 0.3) is 0 Å². The van der Waals surface area contributed by atoms with E-state index in [2.05, 4.69) is 21.2 Å². The Hall–Kier alpha value is -0.810. The van der Waals surface area contributed by atoms with E-state index < -0.39 is 0 Å². The van der Waals surface area contributed by atoms with Gasteiger partial charge >= 0.3 is 0 Å². The van der Waals surface area contributed by atoms with Crippen LogP contribution in [0.5, 0.6) is 0 Å². The summed E-state index contributed by atoms with van der Waals surface area (Å²) >= 11 is 20.6. The number of benzene rings is 2. The largest absolute Gasteiger partial charge is 0.389 e. The van der Waals surface area contributed by atoms with Crippen LogP contribution in [0.3, 0.4) is 0 Å². The van der Waals surface area contributed by atoms with Gasteiger partial charge in [0.25, 0.3) is 0 Å². The molecule has 0 unspecified atom stereocenters. The second-order valence-electron chi connectivity index (χ2n) is 4.24. The van der Waals surface area contributed by atoms with Crippen LogP contribution in [0.15, 0.2) is 34.8 Å². The van der Waals surface area contributed by atoms with Crippen LogP contribution in [0, 0.1) is 6.92 Å². The van der Waals surface area contributed by atoms with Gasteiger partial charge in [0, 0.05) is 15.7 Å². The van der Waals surface area contributed by atoms with Crippen LogP contribution in [-0.2, 0) is 0 Å². The Balaban J connectivity index is 2.34. The van der Waals surface area contributed by atoms with Crippen LogP contribution in [0.1, 0.15) is 11.1 Å². The molecule has 0 amide bonds. The standard InChI is InChI=1S/C14H11BrCl2N2S/c1-7-6-8(2-3-9(7)14(18)20)19-11-5-4-10(15)12(16)13(11)17/h2-6,19H,1H3,(H2,18,20). The van der Waals surface area contributed by atoms with Gasteiger partial charge in [-0.1, -0.05) is 35.4 Å². The summed E-state index contributed by atoms with van der Waals surface area (Å²) in [5.41, 5.74) is 9.14. The van der Waals surface area contributed by atoms with Gasteiger partial charge in [-0.2, -0.15) is 0 Å². The van der Waals surface area contributed by atoms with Gasteiger partial charge in [-0.05, 0) is 58.7 Å². The predicted molar refractivity (Wildman–Crippen MR) is 94.5 cm³/mol. The third-order valence-electron chi connectivity index (χ3n) is 2.81. The van der Waals surface area contributed by atoms with Gasteiger partial charge in [0.2, 0.25) is 0 Å². The van der Waals surface area contributed by atoms with E-state index in [4.69, 9.17) is 41.2 Å². The van der Waals surface area contributed by atoms with E-state index in [0.717, 1.165) is 27.0 Å². The van der Waals surface area contributed by atoms with E-state index in [1.807, 2.05) is 37.3 Å². The number of nitrogens with two attached hydrogens (primary N) is 1. The minimum atomic E-state index is 0.388. The fourth-order valence-corrected chi connectivity index (χ4v) is 2.85. The van der Waals surface area contributed by atoms with Crippen molar-refractivity contribution in [1.82, 2.24) is 0 Å². The molecule has 0 saturated carbocycles. The summed E-state index contributed by atoms with van der Waals surface area (Å²) in [5, 5.41) is 4.18. The molecular formula is C14H11BrCl2N2S. The second kappa shape index (κ2) is 6.31. The highest BCUT2D eigenvalue weighted by Crippen LogP contribution is 2.37. The molecule has 0 atom stereocenters. The number of anilines is 2. The first kappa shape index (κ1) is 15.6. The molecule has 0 heterocycles. The maximum Gasteiger partial charge on any atom is 0.104 e. The highest BCUT2D eigenvalue weighted by Gasteiger charge is 2.09. The lowest BCUT2D eigenvalue weighted by Gasteiger charge is -2.12. The SMILES string of the molecule is Cc1cc(Nc2ccc(Br)c(Cl)c2Cl)ccc1C(N)=S. The van der Waals surface area contributed by atoms with E-state index in [1.165, 1.54) is 0 Å². The maximum absolute atomic E-state index is 6.20. The van der Waals surface area contributed by atoms with Gasteiger partial charge in [-0.25, -0.2) is 0 Å². The van der Waals surface area contributed by atoms with Gasteiger partial charge < -0.3 is 11.1 Å². The van der Waals surface area contributed by atoms with Crippen molar-refractivity contribution in [2.24, 2.45) is 5.73 Å². The molecule has 0 spiro atoms. The molecule has 0 bridgehead atoms. The summed E-state index contributed by atoms with van der Waals surface area (Å²) in [5.74, 6) is 0. The summed E-state index contributed by atoms with van der Waals surface area (Å²) in [7, 11) is 0. The molecular weight excluding hydrogens is 379 g/mol. The lowest BCUT2D eigenvalue weighted by atomic mass is 10.1. The summed E-state index contributed by atoms with van der Waals surface area (Å²) in [6.07, 6.45) is 0. The highest BCUT2D eigenvalue weighted by atomic mass is 79.9. The number of thiocarbonyl (C=S) groups is 1. The zero-order valence-corrected chi connectivity index (χ0v) is 14.4. The normalized spacial score (nSPS) is 10.4. The van der Waals surface area contributed by atoms with E-state index in [1.54, 1.807) is 0 Å². The molecule has 0 saturated heterocycles. The second-order valence-corrected chi connectivity index (χ2v) is 6.29. The molecule has 0 aliphatic rings. The zero-order valence-electron chi connectivity index (χ0n) is 10.5. The molecule has 20 heavy (non-hydrogen) atoms. The molecule has 0 radical (unpaired) electrons. The minimum absolute atomic E-state index is 0.388. The van der Waals surface area contributed by atoms with E-state index in [9.17, 15) is 0 Å². The van der Waals surface area contributed by atoms with Crippen molar-refractivity contribution in [1.29, 1.82) is 0 Å². The lowest BCUT2D eigenvalue weighted by molar-refractivity contribution is 1.42. The van der Waals surface area contributed by atoms with E-state index >= 15 is 0 Å². The Bertz CT molecular complexity index is 689. The molecule has 0 fully saturated rings. The number of aryl methyl sites for hydroxylation is 1. The Morgan fingerprint density at radius 2 is 1.90 bits per heavy atom. The molecule has 0 aliphatic heterocycles. The van der Waals surface area contributed by atoms with Crippen molar-refractivity contribution in [2.75, 3.05) is 5.32 Å². The summed E-state index contributed by atoms with van der Waals surface area (Å²) in [6, 6.07) is 9.44. The number of halogens is 3. The summed E-state index contributed by atoms with van der Waals surface area (Å²) in [4.78, 5) is 0.388. The minimum Gasteiger partial charge on any atom is -0.389 e. The molecule has 104 valence electrons. The molecule has 3 N–H and O–H groups in total. The van der Waals surface area contributed by atoms with E-state index in [0.29, 0.717) is 15.0 Å². The van der Waals surface area contributed by atoms with Crippen LogP contribution in [0.2, 0.25) is 10.0 Å². The maximum atomic E-state index is 6.20. The third kappa shape index (κ3) is 3.26. The number of nitrogens with one attached hydrogen (secondary N) is 1. The first-order valence-electron chi connectivity index (χ1n) is 5.71. The first-order chi connectivity index (χ1) is 9.40. The van der Waals surface area contributed by atoms with Gasteiger partial charge in [0.05, 0.1) is 15.7 Å². The molecule has 2 aromatic carbocycles. The average Bonchev–Trinajstić information content (AvgIpc) is 2.39. The lowest BCUT2D eigenvalue weighted by Crippen LogP contribution is -2.11. The molecule has 0 aliphatic carbocycles. The first-order valence-corrected chi connectivity index (χ1v) is 7.67. The predicted octanol–water partition coefficient (Wildman–Crippen LogP) is 5.44. The molecule has 0 aromatic heterocycles. The number of rotatable bonds is 3. The third-order valence-corrected chi connectivity index (χ3v) is 4.80. The summed E-state index contributed by atoms with van der Waals surface area (Å²) in [6.45, 7) is 1.95. The number of hydrogen-bond acceptors (Lipinski definition) is 2. The van der Waals surface area contributed by atoms with Gasteiger partial charge in [-0.3, -0.25) is 0 Å². The van der Waals surface area contributed by atoms with E-state index in [-0.39, 0.29) is 0 Å². The van der Waals surface area contributed by atoms with Gasteiger partial charge in [0.1, 0.15) is 4.99 Å². The van der Waals surface area contributed by atoms with Crippen molar-refractivity contribution in [2.45, 2.75) is 6.92 Å². The van der Waals surface area contributed by atoms with Crippen molar-refractivity contribution < 1.29 is 0 Å². The van der Waals surface area contributed by atoms with Gasteiger partial charge in [-0.15, -0.1) is 0 Å². The Labute approximate surface area is 141 Å². The fourth-order valence-electron chi connectivity index (χ4n) is 1.80. The Morgan fingerprint density at radius 1 is 1.20 bits per heavy atom. The Kier molecular flexibility index (Phi) is 4.91. The average molecular weight is 390 g/mol. The smallest absolute Gasteiger partial charge is 0.104 e. The van der Waals surface area contributed by atoms with Crippen molar-refractivity contribution in [3.05, 3.63) is 56.0 Å². The molecule has 2 nitrogen and oxygen atoms in total. The molecule has 6 heteroatoms. The topological polar surface area (TPSA) is 38.0 Å². The van der Waals surface area contributed by atoms with Gasteiger partial charge in [0.15, 0.2) is 0 Å². The van der Waals surface area contributed by atoms with Crippen LogP contribution in [0.4, 0.5) is 11.4 Å². The van der Waals surface area contributed by atoms with Crippen LogP contribution >= 0.6 is 51.3 Å². The molecule has 2 rings (SSSR count).